The molecule has 0 radical (unpaired) electrons. The lowest BCUT2D eigenvalue weighted by Crippen LogP contribution is -2.32. The van der Waals surface area contributed by atoms with E-state index in [4.69, 9.17) is 42.4 Å². The van der Waals surface area contributed by atoms with E-state index in [0.29, 0.717) is 168 Å². The fourth-order valence-electron chi connectivity index (χ4n) is 7.03. The number of hydrogen-bond donors (Lipinski definition) is 1. The summed E-state index contributed by atoms with van der Waals surface area (Å²) in [6, 6.07) is 10.4. The number of unbranched alkanes of at least 4 members (excludes halogenated alkanes) is 2. The maximum atomic E-state index is 12.9. The molecule has 21 heteroatoms. The lowest BCUT2D eigenvalue weighted by atomic mass is 9.99. The Hall–Kier alpha value is -5.81. The number of rotatable bonds is 39. The number of anilines is 1. The van der Waals surface area contributed by atoms with Crippen LogP contribution in [0.5, 0.6) is 0 Å². The number of aromatic nitrogens is 2. The number of nitrogens with one attached hydrogen (secondary N) is 1. The molecule has 1 saturated heterocycles. The number of carbonyl (C=O) groups is 6. The minimum atomic E-state index is -0.723. The zero-order valence-electron chi connectivity index (χ0n) is 39.8. The minimum Gasteiger partial charge on any atom is -0.422 e. The van der Waals surface area contributed by atoms with Gasteiger partial charge in [0.15, 0.2) is 11.6 Å². The summed E-state index contributed by atoms with van der Waals surface area (Å²) in [5.74, 6) is -1.80. The van der Waals surface area contributed by atoms with Crippen molar-refractivity contribution in [1.29, 1.82) is 0 Å². The first-order valence-corrected chi connectivity index (χ1v) is 23.8. The third-order valence-corrected chi connectivity index (χ3v) is 10.9. The van der Waals surface area contributed by atoms with E-state index in [1.807, 2.05) is 6.07 Å². The third kappa shape index (κ3) is 19.9. The van der Waals surface area contributed by atoms with Crippen molar-refractivity contribution in [2.45, 2.75) is 84.0 Å². The highest BCUT2D eigenvalue weighted by molar-refractivity contribution is 6.01. The Morgan fingerprint density at radius 1 is 0.600 bits per heavy atom. The molecule has 0 unspecified atom stereocenters. The van der Waals surface area contributed by atoms with Crippen molar-refractivity contribution in [2.24, 2.45) is 0 Å². The highest BCUT2D eigenvalue weighted by atomic mass is 16.7. The van der Waals surface area contributed by atoms with Crippen molar-refractivity contribution < 1.29 is 75.8 Å². The second kappa shape index (κ2) is 31.4. The molecule has 1 aliphatic heterocycles. The number of hydrogen-bond acceptors (Lipinski definition) is 20. The predicted molar refractivity (Wildman–Crippen MR) is 250 cm³/mol. The molecule has 0 bridgehead atoms. The molecular formula is C49H64N4O17. The van der Waals surface area contributed by atoms with Crippen LogP contribution in [0, 0.1) is 6.92 Å². The molecule has 5 rings (SSSR count). The Bertz CT molecular complexity index is 2350. The highest BCUT2D eigenvalue weighted by Crippen LogP contribution is 2.24. The largest absolute Gasteiger partial charge is 0.422 e. The van der Waals surface area contributed by atoms with Gasteiger partial charge in [-0.2, -0.15) is 0 Å². The average molecular weight is 981 g/mol. The van der Waals surface area contributed by atoms with Crippen molar-refractivity contribution >= 4 is 62.8 Å². The van der Waals surface area contributed by atoms with Gasteiger partial charge in [-0.05, 0) is 85.2 Å². The number of hydroxylamine groups is 2. The van der Waals surface area contributed by atoms with Gasteiger partial charge in [0.25, 0.3) is 11.8 Å². The van der Waals surface area contributed by atoms with Crippen molar-refractivity contribution in [3.8, 4) is 0 Å². The van der Waals surface area contributed by atoms with E-state index >= 15 is 0 Å². The van der Waals surface area contributed by atoms with Gasteiger partial charge >= 0.3 is 11.6 Å². The molecule has 0 spiro atoms. The first kappa shape index (κ1) is 55.1. The molecule has 1 aliphatic rings. The smallest absolute Gasteiger partial charge is 0.340 e. The highest BCUT2D eigenvalue weighted by Gasteiger charge is 2.32. The Balaban J connectivity index is 0.798. The molecular weight excluding hydrogens is 917 g/mol. The van der Waals surface area contributed by atoms with Crippen LogP contribution in [0.25, 0.3) is 22.0 Å². The molecule has 0 saturated carbocycles. The Labute approximate surface area is 404 Å². The second-order valence-corrected chi connectivity index (χ2v) is 16.3. The van der Waals surface area contributed by atoms with Crippen LogP contribution in [-0.4, -0.2) is 150 Å². The quantitative estimate of drug-likeness (QED) is 0.0271. The third-order valence-electron chi connectivity index (χ3n) is 10.9. The fourth-order valence-corrected chi connectivity index (χ4v) is 7.03. The van der Waals surface area contributed by atoms with E-state index in [-0.39, 0.29) is 62.8 Å². The normalized spacial score (nSPS) is 12.7. The summed E-state index contributed by atoms with van der Waals surface area (Å²) in [6.07, 6.45) is 4.36. The SMILES string of the molecule is Cc1c(CC(=O)CCCCOCCOCCOCCCCC(=O)c2ccc3nonc3c2)c(=O)oc2cc(NCC(=O)CCCOCCOCCOCCOCCC(=O)ON3C(=O)CCC3=O)ccc12. The van der Waals surface area contributed by atoms with Crippen molar-refractivity contribution in [3.63, 3.8) is 0 Å². The van der Waals surface area contributed by atoms with E-state index in [1.165, 1.54) is 0 Å². The van der Waals surface area contributed by atoms with Crippen molar-refractivity contribution in [1.82, 2.24) is 15.4 Å². The van der Waals surface area contributed by atoms with Crippen LogP contribution in [-0.2, 0) is 68.4 Å². The lowest BCUT2D eigenvalue weighted by Gasteiger charge is -2.12. The summed E-state index contributed by atoms with van der Waals surface area (Å²) in [7, 11) is 0. The molecule has 70 heavy (non-hydrogen) atoms. The van der Waals surface area contributed by atoms with Crippen LogP contribution in [0.2, 0.25) is 0 Å². The lowest BCUT2D eigenvalue weighted by molar-refractivity contribution is -0.198. The van der Waals surface area contributed by atoms with E-state index in [9.17, 15) is 33.6 Å². The van der Waals surface area contributed by atoms with Crippen LogP contribution in [0.4, 0.5) is 5.69 Å². The topological polar surface area (TPSA) is 261 Å². The predicted octanol–water partition coefficient (Wildman–Crippen LogP) is 4.85. The molecule has 1 N–H and O–H groups in total. The number of nitrogens with zero attached hydrogens (tertiary/aromatic N) is 3. The molecule has 0 atom stereocenters. The number of ether oxygens (including phenoxy) is 7. The van der Waals surface area contributed by atoms with E-state index in [0.717, 1.165) is 11.8 Å². The number of ketones is 3. The molecule has 2 aromatic carbocycles. The van der Waals surface area contributed by atoms with Gasteiger partial charge in [-0.25, -0.2) is 14.2 Å². The molecule has 1 fully saturated rings. The monoisotopic (exact) mass is 980 g/mol. The van der Waals surface area contributed by atoms with Gasteiger partial charge in [0.05, 0.1) is 85.6 Å². The zero-order chi connectivity index (χ0) is 49.8. The van der Waals surface area contributed by atoms with Crippen LogP contribution >= 0.6 is 0 Å². The van der Waals surface area contributed by atoms with Gasteiger partial charge in [0, 0.05) is 86.6 Å². The molecule has 21 nitrogen and oxygen atoms in total. The molecule has 4 aromatic rings. The summed E-state index contributed by atoms with van der Waals surface area (Å²) < 4.78 is 48.8. The average Bonchev–Trinajstić information content (AvgIpc) is 3.96. The van der Waals surface area contributed by atoms with Gasteiger partial charge in [0.1, 0.15) is 22.4 Å². The minimum absolute atomic E-state index is 0.00506. The Morgan fingerprint density at radius 3 is 1.80 bits per heavy atom. The molecule has 3 heterocycles. The van der Waals surface area contributed by atoms with Gasteiger partial charge in [-0.3, -0.25) is 24.0 Å². The number of aryl methyl sites for hydroxylation is 1. The molecule has 0 aliphatic carbocycles. The number of fused-ring (bicyclic) bond motifs is 2. The van der Waals surface area contributed by atoms with Gasteiger partial charge in [-0.15, -0.1) is 5.06 Å². The number of amides is 2. The van der Waals surface area contributed by atoms with E-state index in [1.54, 1.807) is 37.3 Å². The number of carbonyl (C=O) groups excluding carboxylic acids is 6. The number of benzene rings is 2. The molecule has 382 valence electrons. The van der Waals surface area contributed by atoms with Crippen LogP contribution < -0.4 is 10.9 Å². The Morgan fingerprint density at radius 2 is 1.16 bits per heavy atom. The summed E-state index contributed by atoms with van der Waals surface area (Å²) in [4.78, 5) is 90.1. The first-order valence-electron chi connectivity index (χ1n) is 23.8. The fraction of sp³-hybridized carbons (Fsp3) is 0.571. The first-order chi connectivity index (χ1) is 34.1. The number of Topliss-reactive ketones (excluding diaryl/α,β-unsaturated/α-hetero) is 3. The Kier molecular flexibility index (Phi) is 24.7. The summed E-state index contributed by atoms with van der Waals surface area (Å²) in [5, 5.41) is 11.8. The summed E-state index contributed by atoms with van der Waals surface area (Å²) >= 11 is 0. The van der Waals surface area contributed by atoms with Crippen molar-refractivity contribution in [3.05, 3.63) is 63.5 Å². The zero-order valence-corrected chi connectivity index (χ0v) is 39.8. The molecule has 2 amide bonds. The van der Waals surface area contributed by atoms with Crippen LogP contribution in [0.1, 0.15) is 92.1 Å². The maximum Gasteiger partial charge on any atom is 0.340 e. The van der Waals surface area contributed by atoms with Gasteiger partial charge < -0.3 is 47.7 Å². The summed E-state index contributed by atoms with van der Waals surface area (Å²) in [5.41, 5.74) is 3.24. The second-order valence-electron chi connectivity index (χ2n) is 16.3. The van der Waals surface area contributed by atoms with Gasteiger partial charge in [-0.1, -0.05) is 0 Å². The van der Waals surface area contributed by atoms with Gasteiger partial charge in [0.2, 0.25) is 0 Å². The van der Waals surface area contributed by atoms with E-state index in [2.05, 4.69) is 20.3 Å². The molecule has 2 aromatic heterocycles. The standard InChI is InChI=1S/C49H64N4O17/c1-35-40-12-11-37(50-34-39(55)8-6-19-63-23-27-66-29-30-67-28-24-64-20-16-48(59)69-53-46(57)14-15-47(53)58)32-45(40)68-49(60)41(35)33-38(54)7-2-4-17-61-21-25-65-26-22-62-18-5-3-9-44(56)36-10-13-42-43(31-36)52-70-51-42/h10-13,31-32,50H,2-9,14-30,33-34H2,1H3. The maximum absolute atomic E-state index is 12.9. The van der Waals surface area contributed by atoms with Crippen LogP contribution in [0.15, 0.2) is 50.2 Å². The van der Waals surface area contributed by atoms with Crippen LogP contribution in [0.3, 0.4) is 0 Å². The summed E-state index contributed by atoms with van der Waals surface area (Å²) in [6.45, 7) is 7.10. The van der Waals surface area contributed by atoms with E-state index < -0.39 is 23.4 Å². The van der Waals surface area contributed by atoms with Crippen molar-refractivity contribution in [2.75, 3.05) is 104 Å². The number of imide groups is 1.